The second-order valence-corrected chi connectivity index (χ2v) is 7.71. The summed E-state index contributed by atoms with van der Waals surface area (Å²) in [5, 5.41) is 5.12. The van der Waals surface area contributed by atoms with Gasteiger partial charge in [-0.1, -0.05) is 20.8 Å². The molecule has 0 bridgehead atoms. The monoisotopic (exact) mass is 277 g/mol. The third-order valence-electron chi connectivity index (χ3n) is 3.90. The van der Waals surface area contributed by atoms with Crippen LogP contribution < -0.4 is 5.14 Å². The zero-order valence-electron chi connectivity index (χ0n) is 11.8. The van der Waals surface area contributed by atoms with E-state index >= 15 is 0 Å². The SMILES string of the molecule is CC1CCC(OCC(CS(N)(=O)=O)C(C)C)CC1. The van der Waals surface area contributed by atoms with Crippen LogP contribution in [0, 0.1) is 17.8 Å². The van der Waals surface area contributed by atoms with Crippen molar-refractivity contribution in [3.05, 3.63) is 0 Å². The molecule has 1 fully saturated rings. The second kappa shape index (κ2) is 6.87. The van der Waals surface area contributed by atoms with Gasteiger partial charge in [-0.2, -0.15) is 0 Å². The first-order valence-electron chi connectivity index (χ1n) is 6.90. The van der Waals surface area contributed by atoms with Crippen LogP contribution in [0.4, 0.5) is 0 Å². The number of rotatable bonds is 6. The zero-order chi connectivity index (χ0) is 13.8. The van der Waals surface area contributed by atoms with Gasteiger partial charge in [-0.15, -0.1) is 0 Å². The first-order chi connectivity index (χ1) is 8.28. The van der Waals surface area contributed by atoms with Crippen LogP contribution in [0.2, 0.25) is 0 Å². The molecule has 0 aromatic carbocycles. The lowest BCUT2D eigenvalue weighted by Crippen LogP contribution is -2.31. The number of hydrogen-bond acceptors (Lipinski definition) is 3. The van der Waals surface area contributed by atoms with Crippen molar-refractivity contribution in [2.75, 3.05) is 12.4 Å². The highest BCUT2D eigenvalue weighted by molar-refractivity contribution is 7.89. The Morgan fingerprint density at radius 3 is 2.22 bits per heavy atom. The van der Waals surface area contributed by atoms with E-state index in [1.54, 1.807) is 0 Å². The predicted octanol–water partition coefficient (Wildman–Crippen LogP) is 2.14. The maximum atomic E-state index is 11.2. The molecular formula is C13H27NO3S. The van der Waals surface area contributed by atoms with Crippen LogP contribution in [0.3, 0.4) is 0 Å². The lowest BCUT2D eigenvalue weighted by atomic mass is 9.89. The fourth-order valence-electron chi connectivity index (χ4n) is 2.39. The number of hydrogen-bond donors (Lipinski definition) is 1. The summed E-state index contributed by atoms with van der Waals surface area (Å²) in [5.41, 5.74) is 0. The fourth-order valence-corrected chi connectivity index (χ4v) is 3.47. The molecule has 0 amide bonds. The van der Waals surface area contributed by atoms with Gasteiger partial charge in [0, 0.05) is 0 Å². The van der Waals surface area contributed by atoms with Gasteiger partial charge in [0.15, 0.2) is 0 Å². The minimum absolute atomic E-state index is 0.000602. The molecule has 0 spiro atoms. The average molecular weight is 277 g/mol. The van der Waals surface area contributed by atoms with Gasteiger partial charge in [0.2, 0.25) is 10.0 Å². The molecule has 0 heterocycles. The average Bonchev–Trinajstić information content (AvgIpc) is 2.24. The highest BCUT2D eigenvalue weighted by Crippen LogP contribution is 2.26. The quantitative estimate of drug-likeness (QED) is 0.808. The van der Waals surface area contributed by atoms with Crippen molar-refractivity contribution >= 4 is 10.0 Å². The van der Waals surface area contributed by atoms with Crippen LogP contribution in [-0.2, 0) is 14.8 Å². The number of primary sulfonamides is 1. The maximum Gasteiger partial charge on any atom is 0.209 e. The van der Waals surface area contributed by atoms with E-state index in [1.807, 2.05) is 13.8 Å². The summed E-state index contributed by atoms with van der Waals surface area (Å²) in [5.74, 6) is 1.09. The van der Waals surface area contributed by atoms with Crippen molar-refractivity contribution in [2.24, 2.45) is 22.9 Å². The summed E-state index contributed by atoms with van der Waals surface area (Å²) in [7, 11) is -3.41. The molecule has 108 valence electrons. The summed E-state index contributed by atoms with van der Waals surface area (Å²) >= 11 is 0. The van der Waals surface area contributed by atoms with Gasteiger partial charge < -0.3 is 4.74 Å². The second-order valence-electron chi connectivity index (χ2n) is 6.05. The van der Waals surface area contributed by atoms with Crippen LogP contribution in [0.25, 0.3) is 0 Å². The lowest BCUT2D eigenvalue weighted by Gasteiger charge is -2.28. The van der Waals surface area contributed by atoms with E-state index in [0.29, 0.717) is 12.7 Å². The summed E-state index contributed by atoms with van der Waals surface area (Å²) in [6.45, 7) is 6.81. The highest BCUT2D eigenvalue weighted by Gasteiger charge is 2.23. The first-order valence-corrected chi connectivity index (χ1v) is 8.61. The molecular weight excluding hydrogens is 250 g/mol. The third kappa shape index (κ3) is 6.16. The summed E-state index contributed by atoms with van der Waals surface area (Å²) < 4.78 is 28.2. The van der Waals surface area contributed by atoms with Crippen molar-refractivity contribution in [1.29, 1.82) is 0 Å². The Hall–Kier alpha value is -0.130. The topological polar surface area (TPSA) is 69.4 Å². The van der Waals surface area contributed by atoms with Gasteiger partial charge in [-0.3, -0.25) is 0 Å². The predicted molar refractivity (Wildman–Crippen MR) is 73.7 cm³/mol. The van der Waals surface area contributed by atoms with E-state index in [9.17, 15) is 8.42 Å². The van der Waals surface area contributed by atoms with E-state index < -0.39 is 10.0 Å². The largest absolute Gasteiger partial charge is 0.378 e. The van der Waals surface area contributed by atoms with E-state index in [2.05, 4.69) is 6.92 Å². The van der Waals surface area contributed by atoms with Gasteiger partial charge in [-0.25, -0.2) is 13.6 Å². The Morgan fingerprint density at radius 2 is 1.78 bits per heavy atom. The van der Waals surface area contributed by atoms with Crippen LogP contribution in [-0.4, -0.2) is 26.9 Å². The summed E-state index contributed by atoms with van der Waals surface area (Å²) in [6, 6.07) is 0. The Bertz CT molecular complexity index is 332. The van der Waals surface area contributed by atoms with Crippen LogP contribution in [0.1, 0.15) is 46.5 Å². The van der Waals surface area contributed by atoms with Gasteiger partial charge in [0.25, 0.3) is 0 Å². The zero-order valence-corrected chi connectivity index (χ0v) is 12.6. The molecule has 2 N–H and O–H groups in total. The normalized spacial score (nSPS) is 27.4. The molecule has 1 aliphatic rings. The summed E-state index contributed by atoms with van der Waals surface area (Å²) in [4.78, 5) is 0. The van der Waals surface area contributed by atoms with Gasteiger partial charge in [-0.05, 0) is 43.4 Å². The van der Waals surface area contributed by atoms with Crippen molar-refractivity contribution < 1.29 is 13.2 Å². The van der Waals surface area contributed by atoms with Gasteiger partial charge in [0.1, 0.15) is 0 Å². The summed E-state index contributed by atoms with van der Waals surface area (Å²) in [6.07, 6.45) is 4.93. The number of sulfonamides is 1. The van der Waals surface area contributed by atoms with E-state index in [0.717, 1.165) is 18.8 Å². The molecule has 0 saturated heterocycles. The molecule has 1 saturated carbocycles. The Kier molecular flexibility index (Phi) is 6.08. The molecule has 1 rings (SSSR count). The molecule has 0 aromatic rings. The van der Waals surface area contributed by atoms with Crippen molar-refractivity contribution in [3.8, 4) is 0 Å². The molecule has 1 atom stereocenters. The van der Waals surface area contributed by atoms with E-state index in [-0.39, 0.29) is 17.6 Å². The van der Waals surface area contributed by atoms with Crippen LogP contribution in [0.15, 0.2) is 0 Å². The Labute approximate surface area is 111 Å². The molecule has 0 aromatic heterocycles. The fraction of sp³-hybridized carbons (Fsp3) is 1.00. The van der Waals surface area contributed by atoms with Crippen molar-refractivity contribution in [3.63, 3.8) is 0 Å². The molecule has 18 heavy (non-hydrogen) atoms. The Balaban J connectivity index is 2.38. The highest BCUT2D eigenvalue weighted by atomic mass is 32.2. The van der Waals surface area contributed by atoms with Crippen LogP contribution in [0.5, 0.6) is 0 Å². The van der Waals surface area contributed by atoms with Crippen molar-refractivity contribution in [2.45, 2.75) is 52.6 Å². The molecule has 0 aliphatic heterocycles. The minimum atomic E-state index is -3.41. The van der Waals surface area contributed by atoms with Crippen LogP contribution >= 0.6 is 0 Å². The Morgan fingerprint density at radius 1 is 1.22 bits per heavy atom. The van der Waals surface area contributed by atoms with Gasteiger partial charge in [0.05, 0.1) is 18.5 Å². The smallest absolute Gasteiger partial charge is 0.209 e. The number of nitrogens with two attached hydrogens (primary N) is 1. The first kappa shape index (κ1) is 15.9. The lowest BCUT2D eigenvalue weighted by molar-refractivity contribution is -0.00311. The standard InChI is InChI=1S/C13H27NO3S/c1-10(2)12(9-18(14,15)16)8-17-13-6-4-11(3)5-7-13/h10-13H,4-9H2,1-3H3,(H2,14,15,16). The minimum Gasteiger partial charge on any atom is -0.378 e. The molecule has 0 radical (unpaired) electrons. The van der Waals surface area contributed by atoms with Gasteiger partial charge >= 0.3 is 0 Å². The molecule has 1 aliphatic carbocycles. The molecule has 4 nitrogen and oxygen atoms in total. The van der Waals surface area contributed by atoms with E-state index in [1.165, 1.54) is 12.8 Å². The van der Waals surface area contributed by atoms with E-state index in [4.69, 9.17) is 9.88 Å². The third-order valence-corrected chi connectivity index (χ3v) is 4.79. The maximum absolute atomic E-state index is 11.2. The molecule has 5 heteroatoms. The number of ether oxygens (including phenoxy) is 1. The van der Waals surface area contributed by atoms with Crippen molar-refractivity contribution in [1.82, 2.24) is 0 Å². The molecule has 1 unspecified atom stereocenters.